The van der Waals surface area contributed by atoms with Crippen LogP contribution in [0.5, 0.6) is 0 Å². The van der Waals surface area contributed by atoms with Gasteiger partial charge in [0.1, 0.15) is 6.73 Å². The van der Waals surface area contributed by atoms with E-state index in [2.05, 4.69) is 35.8 Å². The molecule has 2 unspecified atom stereocenters. The summed E-state index contributed by atoms with van der Waals surface area (Å²) in [6.45, 7) is 3.39. The second-order valence-corrected chi connectivity index (χ2v) is 7.95. The minimum atomic E-state index is -0.0800. The summed E-state index contributed by atoms with van der Waals surface area (Å²) in [6.07, 6.45) is 13.8. The molecule has 27 heavy (non-hydrogen) atoms. The van der Waals surface area contributed by atoms with Gasteiger partial charge in [0.05, 0.1) is 11.7 Å². The smallest absolute Gasteiger partial charge is 0.224 e. The van der Waals surface area contributed by atoms with E-state index in [1.54, 1.807) is 7.11 Å². The molecular weight excluding hydrogens is 340 g/mol. The molecule has 3 aliphatic rings. The number of ether oxygens (including phenoxy) is 1. The highest BCUT2D eigenvalue weighted by molar-refractivity contribution is 5.78. The zero-order valence-corrected chi connectivity index (χ0v) is 16.2. The Balaban J connectivity index is 1.94. The van der Waals surface area contributed by atoms with Gasteiger partial charge in [-0.25, -0.2) is 0 Å². The third-order valence-electron chi connectivity index (χ3n) is 6.73. The predicted octanol–water partition coefficient (Wildman–Crippen LogP) is 3.55. The average molecular weight is 368 g/mol. The summed E-state index contributed by atoms with van der Waals surface area (Å²) in [6, 6.07) is 1.99. The fourth-order valence-electron chi connectivity index (χ4n) is 5.37. The highest BCUT2D eigenvalue weighted by Crippen LogP contribution is 2.48. The van der Waals surface area contributed by atoms with E-state index in [0.717, 1.165) is 44.2 Å². The first-order valence-corrected chi connectivity index (χ1v) is 9.97. The first-order valence-electron chi connectivity index (χ1n) is 9.97. The Morgan fingerprint density at radius 2 is 2.11 bits per heavy atom. The molecule has 0 saturated heterocycles. The largest absolute Gasteiger partial charge is 0.364 e. The number of fused-ring (bicyclic) bond motifs is 2. The topological polar surface area (TPSA) is 51.5 Å². The number of methoxy groups -OCH3 is 1. The number of hydrogen-bond donors (Lipinski definition) is 0. The van der Waals surface area contributed by atoms with Crippen molar-refractivity contribution in [1.29, 1.82) is 0 Å². The molecule has 1 amide bonds. The molecule has 0 saturated carbocycles. The molecule has 1 aromatic heterocycles. The summed E-state index contributed by atoms with van der Waals surface area (Å²) >= 11 is 0. The molecule has 0 aromatic carbocycles. The zero-order valence-electron chi connectivity index (χ0n) is 16.2. The second kappa shape index (κ2) is 7.12. The standard InChI is InChI=1S/C22H28N2O3/c1-3-22-10-6-12-23-16(14-25)13-18(21(22)23)17-7-4-5-8-19(17)24(15-27-2)20(26)9-11-22/h4-5,7-8,13-14,17,19H,3,6,9-12,15H2,1-2H3/t17?,19?,22-/m1/s1. The van der Waals surface area contributed by atoms with Gasteiger partial charge in [-0.2, -0.15) is 0 Å². The van der Waals surface area contributed by atoms with Gasteiger partial charge in [-0.15, -0.1) is 0 Å². The molecule has 1 aromatic rings. The van der Waals surface area contributed by atoms with Gasteiger partial charge in [0.15, 0.2) is 6.29 Å². The van der Waals surface area contributed by atoms with Crippen molar-refractivity contribution in [2.75, 3.05) is 13.8 Å². The van der Waals surface area contributed by atoms with Crippen molar-refractivity contribution in [2.24, 2.45) is 0 Å². The molecule has 3 heterocycles. The highest BCUT2D eigenvalue weighted by Gasteiger charge is 2.44. The van der Waals surface area contributed by atoms with E-state index in [9.17, 15) is 9.59 Å². The van der Waals surface area contributed by atoms with Crippen molar-refractivity contribution < 1.29 is 14.3 Å². The Morgan fingerprint density at radius 3 is 2.85 bits per heavy atom. The number of rotatable bonds is 4. The quantitative estimate of drug-likeness (QED) is 0.764. The molecular formula is C22H28N2O3. The normalized spacial score (nSPS) is 29.6. The number of carbonyl (C=O) groups excluding carboxylic acids is 2. The monoisotopic (exact) mass is 368 g/mol. The zero-order chi connectivity index (χ0) is 19.0. The van der Waals surface area contributed by atoms with Crippen molar-refractivity contribution in [3.05, 3.63) is 47.3 Å². The van der Waals surface area contributed by atoms with Crippen LogP contribution in [0.1, 0.15) is 66.7 Å². The molecule has 1 aliphatic carbocycles. The summed E-state index contributed by atoms with van der Waals surface area (Å²) in [5, 5.41) is 0. The lowest BCUT2D eigenvalue weighted by Gasteiger charge is -2.40. The third-order valence-corrected chi connectivity index (χ3v) is 6.73. The SMILES string of the molecule is CC[C@]12CCCn3c(C=O)cc(c31)C1C=CC=CC1N(COC)C(=O)CC2. The molecule has 0 spiro atoms. The van der Waals surface area contributed by atoms with E-state index in [1.807, 2.05) is 11.0 Å². The van der Waals surface area contributed by atoms with Crippen LogP contribution in [0.2, 0.25) is 0 Å². The minimum absolute atomic E-state index is 0.0346. The van der Waals surface area contributed by atoms with Gasteiger partial charge in [0.2, 0.25) is 5.91 Å². The summed E-state index contributed by atoms with van der Waals surface area (Å²) in [5.41, 5.74) is 3.23. The number of aldehydes is 1. The number of nitrogens with zero attached hydrogens (tertiary/aromatic N) is 2. The fourth-order valence-corrected chi connectivity index (χ4v) is 5.37. The molecule has 4 rings (SSSR count). The first kappa shape index (κ1) is 18.2. The van der Waals surface area contributed by atoms with Gasteiger partial charge >= 0.3 is 0 Å². The molecule has 5 nitrogen and oxygen atoms in total. The van der Waals surface area contributed by atoms with Gasteiger partial charge in [-0.1, -0.05) is 31.2 Å². The van der Waals surface area contributed by atoms with E-state index in [0.29, 0.717) is 6.42 Å². The summed E-state index contributed by atoms with van der Waals surface area (Å²) < 4.78 is 7.61. The maximum absolute atomic E-state index is 13.1. The third kappa shape index (κ3) is 2.80. The summed E-state index contributed by atoms with van der Waals surface area (Å²) in [4.78, 5) is 26.8. The number of amides is 1. The Labute approximate surface area is 160 Å². The Morgan fingerprint density at radius 1 is 1.30 bits per heavy atom. The van der Waals surface area contributed by atoms with Gasteiger partial charge in [0, 0.05) is 37.1 Å². The molecule has 0 radical (unpaired) electrons. The van der Waals surface area contributed by atoms with Crippen LogP contribution in [-0.4, -0.2) is 41.5 Å². The van der Waals surface area contributed by atoms with E-state index in [4.69, 9.17) is 4.74 Å². The maximum atomic E-state index is 13.1. The number of carbonyl (C=O) groups is 2. The van der Waals surface area contributed by atoms with E-state index in [-0.39, 0.29) is 30.0 Å². The highest BCUT2D eigenvalue weighted by atomic mass is 16.5. The Hall–Kier alpha value is -2.14. The van der Waals surface area contributed by atoms with Gasteiger partial charge in [-0.3, -0.25) is 9.59 Å². The Bertz CT molecular complexity index is 807. The van der Waals surface area contributed by atoms with E-state index >= 15 is 0 Å². The lowest BCUT2D eigenvalue weighted by molar-refractivity contribution is -0.138. The maximum Gasteiger partial charge on any atom is 0.224 e. The van der Waals surface area contributed by atoms with Crippen LogP contribution in [0.25, 0.3) is 0 Å². The lowest BCUT2D eigenvalue weighted by atomic mass is 9.69. The molecule has 3 atom stereocenters. The van der Waals surface area contributed by atoms with Crippen LogP contribution in [0, 0.1) is 0 Å². The first-order chi connectivity index (χ1) is 13.1. The van der Waals surface area contributed by atoms with Gasteiger partial charge < -0.3 is 14.2 Å². The summed E-state index contributed by atoms with van der Waals surface area (Å²) in [7, 11) is 1.63. The molecule has 0 N–H and O–H groups in total. The minimum Gasteiger partial charge on any atom is -0.364 e. The van der Waals surface area contributed by atoms with Crippen molar-refractivity contribution in [2.45, 2.75) is 62.9 Å². The number of allylic oxidation sites excluding steroid dienone is 2. The lowest BCUT2D eigenvalue weighted by Crippen LogP contribution is -2.43. The van der Waals surface area contributed by atoms with Crippen molar-refractivity contribution in [3.63, 3.8) is 0 Å². The predicted molar refractivity (Wildman–Crippen MR) is 104 cm³/mol. The second-order valence-electron chi connectivity index (χ2n) is 7.95. The Kier molecular flexibility index (Phi) is 4.81. The van der Waals surface area contributed by atoms with Gasteiger partial charge in [0.25, 0.3) is 0 Å². The van der Waals surface area contributed by atoms with Crippen LogP contribution >= 0.6 is 0 Å². The van der Waals surface area contributed by atoms with Crippen molar-refractivity contribution >= 4 is 12.2 Å². The molecule has 0 fully saturated rings. The van der Waals surface area contributed by atoms with Gasteiger partial charge in [-0.05, 0) is 37.3 Å². The van der Waals surface area contributed by atoms with E-state index < -0.39 is 0 Å². The molecule has 144 valence electrons. The van der Waals surface area contributed by atoms with E-state index in [1.165, 1.54) is 11.3 Å². The van der Waals surface area contributed by atoms with Crippen molar-refractivity contribution in [3.8, 4) is 0 Å². The number of hydrogen-bond acceptors (Lipinski definition) is 3. The van der Waals surface area contributed by atoms with Crippen LogP contribution in [-0.2, 0) is 21.5 Å². The van der Waals surface area contributed by atoms with Crippen LogP contribution in [0.4, 0.5) is 0 Å². The van der Waals surface area contributed by atoms with Crippen LogP contribution in [0.15, 0.2) is 30.4 Å². The number of aromatic nitrogens is 1. The summed E-state index contributed by atoms with van der Waals surface area (Å²) in [5.74, 6) is 0.198. The van der Waals surface area contributed by atoms with Crippen molar-refractivity contribution in [1.82, 2.24) is 9.47 Å². The molecule has 2 aliphatic heterocycles. The average Bonchev–Trinajstić information content (AvgIpc) is 3.10. The fraction of sp³-hybridized carbons (Fsp3) is 0.545. The van der Waals surface area contributed by atoms with Crippen LogP contribution in [0.3, 0.4) is 0 Å². The molecule has 0 bridgehead atoms. The van der Waals surface area contributed by atoms with Crippen LogP contribution < -0.4 is 0 Å². The molecule has 5 heteroatoms.